The lowest BCUT2D eigenvalue weighted by Crippen LogP contribution is -2.00. The molecule has 21 heavy (non-hydrogen) atoms. The van der Waals surface area contributed by atoms with Gasteiger partial charge in [-0.2, -0.15) is 0 Å². The lowest BCUT2D eigenvalue weighted by molar-refractivity contribution is 0.817. The average Bonchev–Trinajstić information content (AvgIpc) is 2.56. The van der Waals surface area contributed by atoms with Crippen LogP contribution in [0, 0.1) is 0 Å². The summed E-state index contributed by atoms with van der Waals surface area (Å²) < 4.78 is 0. The molecule has 2 aromatic heterocycles. The van der Waals surface area contributed by atoms with Gasteiger partial charge in [0.05, 0.1) is 11.4 Å². The molecule has 0 saturated carbocycles. The van der Waals surface area contributed by atoms with Crippen LogP contribution in [0.5, 0.6) is 0 Å². The third kappa shape index (κ3) is 2.97. The molecule has 104 valence electrons. The zero-order chi connectivity index (χ0) is 14.7. The Labute approximate surface area is 124 Å². The van der Waals surface area contributed by atoms with Crippen LogP contribution < -0.4 is 0 Å². The number of rotatable bonds is 3. The van der Waals surface area contributed by atoms with E-state index in [0.29, 0.717) is 5.92 Å². The minimum atomic E-state index is 0.345. The zero-order valence-corrected chi connectivity index (χ0v) is 12.2. The maximum atomic E-state index is 4.69. The van der Waals surface area contributed by atoms with Gasteiger partial charge in [-0.1, -0.05) is 50.2 Å². The van der Waals surface area contributed by atoms with Crippen molar-refractivity contribution in [3.05, 3.63) is 66.5 Å². The largest absolute Gasteiger partial charge is 0.255 e. The van der Waals surface area contributed by atoms with Gasteiger partial charge in [0, 0.05) is 17.5 Å². The van der Waals surface area contributed by atoms with E-state index in [4.69, 9.17) is 0 Å². The number of aromatic nitrogens is 3. The lowest BCUT2D eigenvalue weighted by atomic mass is 10.1. The Balaban J connectivity index is 2.16. The van der Waals surface area contributed by atoms with Crippen LogP contribution in [0.25, 0.3) is 22.8 Å². The standard InChI is InChI=1S/C18H17N3/c1-13(2)16-12-17(15-10-6-7-11-19-15)21-18(20-16)14-8-4-3-5-9-14/h3-13H,1-2H3. The van der Waals surface area contributed by atoms with Crippen LogP contribution >= 0.6 is 0 Å². The van der Waals surface area contributed by atoms with Crippen LogP contribution in [0.4, 0.5) is 0 Å². The summed E-state index contributed by atoms with van der Waals surface area (Å²) in [6.07, 6.45) is 1.79. The van der Waals surface area contributed by atoms with E-state index < -0.39 is 0 Å². The summed E-state index contributed by atoms with van der Waals surface area (Å²) in [6, 6.07) is 17.9. The third-order valence-electron chi connectivity index (χ3n) is 3.30. The van der Waals surface area contributed by atoms with Crippen LogP contribution in [-0.4, -0.2) is 15.0 Å². The highest BCUT2D eigenvalue weighted by atomic mass is 14.9. The van der Waals surface area contributed by atoms with Crippen molar-refractivity contribution < 1.29 is 0 Å². The first-order chi connectivity index (χ1) is 10.2. The molecule has 2 heterocycles. The van der Waals surface area contributed by atoms with E-state index in [1.54, 1.807) is 6.20 Å². The summed E-state index contributed by atoms with van der Waals surface area (Å²) in [5.41, 5.74) is 3.80. The summed E-state index contributed by atoms with van der Waals surface area (Å²) in [7, 11) is 0. The van der Waals surface area contributed by atoms with Crippen LogP contribution in [-0.2, 0) is 0 Å². The SMILES string of the molecule is CC(C)c1cc(-c2ccccn2)nc(-c2ccccc2)n1. The van der Waals surface area contributed by atoms with E-state index in [1.165, 1.54) is 0 Å². The first-order valence-corrected chi connectivity index (χ1v) is 7.10. The Morgan fingerprint density at radius 2 is 1.57 bits per heavy atom. The lowest BCUT2D eigenvalue weighted by Gasteiger charge is -2.10. The molecule has 0 aliphatic heterocycles. The molecule has 0 N–H and O–H groups in total. The van der Waals surface area contributed by atoms with Crippen molar-refractivity contribution >= 4 is 0 Å². The van der Waals surface area contributed by atoms with Gasteiger partial charge in [0.2, 0.25) is 0 Å². The summed E-state index contributed by atoms with van der Waals surface area (Å²) in [4.78, 5) is 13.8. The van der Waals surface area contributed by atoms with Crippen molar-refractivity contribution in [2.24, 2.45) is 0 Å². The van der Waals surface area contributed by atoms with E-state index in [2.05, 4.69) is 28.8 Å². The number of hydrogen-bond acceptors (Lipinski definition) is 3. The summed E-state index contributed by atoms with van der Waals surface area (Å²) in [5.74, 6) is 1.10. The Morgan fingerprint density at radius 1 is 0.810 bits per heavy atom. The second-order valence-corrected chi connectivity index (χ2v) is 5.24. The van der Waals surface area contributed by atoms with Gasteiger partial charge < -0.3 is 0 Å². The molecule has 0 amide bonds. The highest BCUT2D eigenvalue weighted by Gasteiger charge is 2.11. The molecular formula is C18H17N3. The number of hydrogen-bond donors (Lipinski definition) is 0. The van der Waals surface area contributed by atoms with Crippen molar-refractivity contribution in [3.63, 3.8) is 0 Å². The molecule has 0 aliphatic rings. The Morgan fingerprint density at radius 3 is 2.24 bits per heavy atom. The summed E-state index contributed by atoms with van der Waals surface area (Å²) in [6.45, 7) is 4.28. The van der Waals surface area contributed by atoms with E-state index >= 15 is 0 Å². The second-order valence-electron chi connectivity index (χ2n) is 5.24. The number of nitrogens with zero attached hydrogens (tertiary/aromatic N) is 3. The molecule has 0 spiro atoms. The maximum absolute atomic E-state index is 4.69. The monoisotopic (exact) mass is 275 g/mol. The molecule has 0 unspecified atom stereocenters. The van der Waals surface area contributed by atoms with E-state index in [-0.39, 0.29) is 0 Å². The second kappa shape index (κ2) is 5.83. The molecule has 3 nitrogen and oxygen atoms in total. The summed E-state index contributed by atoms with van der Waals surface area (Å²) >= 11 is 0. The van der Waals surface area contributed by atoms with E-state index in [9.17, 15) is 0 Å². The zero-order valence-electron chi connectivity index (χ0n) is 12.2. The average molecular weight is 275 g/mol. The molecule has 0 fully saturated rings. The maximum Gasteiger partial charge on any atom is 0.160 e. The van der Waals surface area contributed by atoms with Gasteiger partial charge >= 0.3 is 0 Å². The van der Waals surface area contributed by atoms with Crippen molar-refractivity contribution in [1.29, 1.82) is 0 Å². The third-order valence-corrected chi connectivity index (χ3v) is 3.30. The molecule has 0 saturated heterocycles. The first-order valence-electron chi connectivity index (χ1n) is 7.10. The Bertz CT molecular complexity index is 664. The Hall–Kier alpha value is -2.55. The van der Waals surface area contributed by atoms with Crippen LogP contribution in [0.1, 0.15) is 25.5 Å². The molecule has 3 aromatic rings. The topological polar surface area (TPSA) is 38.7 Å². The van der Waals surface area contributed by atoms with Crippen molar-refractivity contribution in [2.75, 3.05) is 0 Å². The molecule has 1 aromatic carbocycles. The fraction of sp³-hybridized carbons (Fsp3) is 0.167. The summed E-state index contributed by atoms with van der Waals surface area (Å²) in [5, 5.41) is 0. The molecular weight excluding hydrogens is 258 g/mol. The van der Waals surface area contributed by atoms with E-state index in [0.717, 1.165) is 28.5 Å². The predicted molar refractivity (Wildman–Crippen MR) is 84.8 cm³/mol. The molecule has 0 aliphatic carbocycles. The van der Waals surface area contributed by atoms with Crippen molar-refractivity contribution in [1.82, 2.24) is 15.0 Å². The van der Waals surface area contributed by atoms with Crippen molar-refractivity contribution in [2.45, 2.75) is 19.8 Å². The smallest absolute Gasteiger partial charge is 0.160 e. The molecule has 0 bridgehead atoms. The molecule has 0 radical (unpaired) electrons. The predicted octanol–water partition coefficient (Wildman–Crippen LogP) is 4.33. The molecule has 3 rings (SSSR count). The fourth-order valence-corrected chi connectivity index (χ4v) is 2.12. The van der Waals surface area contributed by atoms with Crippen LogP contribution in [0.3, 0.4) is 0 Å². The minimum absolute atomic E-state index is 0.345. The van der Waals surface area contributed by atoms with E-state index in [1.807, 2.05) is 54.6 Å². The fourth-order valence-electron chi connectivity index (χ4n) is 2.12. The van der Waals surface area contributed by atoms with Crippen LogP contribution in [0.15, 0.2) is 60.8 Å². The van der Waals surface area contributed by atoms with Gasteiger partial charge in [-0.05, 0) is 24.1 Å². The molecule has 0 atom stereocenters. The van der Waals surface area contributed by atoms with Gasteiger partial charge in [-0.25, -0.2) is 9.97 Å². The quantitative estimate of drug-likeness (QED) is 0.714. The normalized spacial score (nSPS) is 10.8. The number of pyridine rings is 1. The minimum Gasteiger partial charge on any atom is -0.255 e. The van der Waals surface area contributed by atoms with Crippen LogP contribution in [0.2, 0.25) is 0 Å². The molecule has 3 heteroatoms. The van der Waals surface area contributed by atoms with Gasteiger partial charge in [-0.15, -0.1) is 0 Å². The van der Waals surface area contributed by atoms with Gasteiger partial charge in [0.15, 0.2) is 5.82 Å². The first kappa shape index (κ1) is 13.4. The number of benzene rings is 1. The highest BCUT2D eigenvalue weighted by Crippen LogP contribution is 2.24. The van der Waals surface area contributed by atoms with Gasteiger partial charge in [-0.3, -0.25) is 4.98 Å². The van der Waals surface area contributed by atoms with Gasteiger partial charge in [0.1, 0.15) is 0 Å². The Kier molecular flexibility index (Phi) is 3.73. The van der Waals surface area contributed by atoms with Crippen molar-refractivity contribution in [3.8, 4) is 22.8 Å². The highest BCUT2D eigenvalue weighted by molar-refractivity contribution is 5.61. The van der Waals surface area contributed by atoms with Gasteiger partial charge in [0.25, 0.3) is 0 Å².